The highest BCUT2D eigenvalue weighted by Gasteiger charge is 2.72. The van der Waals surface area contributed by atoms with Gasteiger partial charge in [-0.15, -0.1) is 0 Å². The van der Waals surface area contributed by atoms with Crippen LogP contribution in [0.4, 0.5) is 5.69 Å². The maximum atomic E-state index is 14.8. The van der Waals surface area contributed by atoms with E-state index in [0.717, 1.165) is 63.4 Å². The molecule has 9 rings (SSSR count). The molecular formula is C54H82ClNO15. The molecule has 1 aromatic carbocycles. The predicted octanol–water partition coefficient (Wildman–Crippen LogP) is 4.82. The lowest BCUT2D eigenvalue weighted by Gasteiger charge is -2.73. The number of ether oxygens (including phenoxy) is 6. The second-order valence-electron chi connectivity index (χ2n) is 24.5. The van der Waals surface area contributed by atoms with Crippen LogP contribution >= 0.6 is 11.6 Å². The van der Waals surface area contributed by atoms with Crippen molar-refractivity contribution in [2.24, 2.45) is 56.7 Å². The average Bonchev–Trinajstić information content (AvgIpc) is 3.73. The molecule has 25 atom stereocenters. The Bertz CT molecular complexity index is 2120. The molecule has 400 valence electrons. The number of fused-ring (bicyclic) bond motifs is 7. The molecule has 0 unspecified atom stereocenters. The van der Waals surface area contributed by atoms with Crippen molar-refractivity contribution in [2.45, 2.75) is 218 Å². The Kier molecular flexibility index (Phi) is 14.9. The van der Waals surface area contributed by atoms with Crippen molar-refractivity contribution in [3.05, 3.63) is 41.4 Å². The van der Waals surface area contributed by atoms with Gasteiger partial charge in [-0.3, -0.25) is 4.79 Å². The number of benzene rings is 1. The zero-order valence-electron chi connectivity index (χ0n) is 42.7. The van der Waals surface area contributed by atoms with Crippen LogP contribution in [0.1, 0.15) is 120 Å². The van der Waals surface area contributed by atoms with Crippen LogP contribution in [0, 0.1) is 56.7 Å². The maximum absolute atomic E-state index is 14.8. The van der Waals surface area contributed by atoms with E-state index in [9.17, 15) is 45.6 Å². The molecule has 3 saturated heterocycles. The van der Waals surface area contributed by atoms with Gasteiger partial charge in [-0.05, 0) is 148 Å². The molecule has 16 nitrogen and oxygen atoms in total. The number of hydrogen-bond donors (Lipinski definition) is 9. The minimum Gasteiger partial charge on any atom is -0.394 e. The number of allylic oxidation sites excluding steroid dienone is 1. The van der Waals surface area contributed by atoms with Crippen molar-refractivity contribution in [2.75, 3.05) is 11.9 Å². The summed E-state index contributed by atoms with van der Waals surface area (Å²) >= 11 is 6.61. The van der Waals surface area contributed by atoms with Gasteiger partial charge < -0.3 is 74.6 Å². The molecule has 1 amide bonds. The lowest BCUT2D eigenvalue weighted by Crippen LogP contribution is -2.68. The Morgan fingerprint density at radius 1 is 0.690 bits per heavy atom. The van der Waals surface area contributed by atoms with Crippen LogP contribution in [-0.4, -0.2) is 152 Å². The van der Waals surface area contributed by atoms with Gasteiger partial charge in [0.25, 0.3) is 0 Å². The average molecular weight is 1020 g/mol. The van der Waals surface area contributed by atoms with Gasteiger partial charge in [-0.25, -0.2) is 0 Å². The number of para-hydroxylation sites is 1. The van der Waals surface area contributed by atoms with Gasteiger partial charge >= 0.3 is 0 Å². The van der Waals surface area contributed by atoms with E-state index in [-0.39, 0.29) is 39.9 Å². The quantitative estimate of drug-likeness (QED) is 0.113. The number of aliphatic hydroxyl groups excluding tert-OH is 8. The zero-order chi connectivity index (χ0) is 51.5. The van der Waals surface area contributed by atoms with Gasteiger partial charge in [0.15, 0.2) is 18.9 Å². The highest BCUT2D eigenvalue weighted by atomic mass is 35.5. The van der Waals surface area contributed by atoms with E-state index in [4.69, 9.17) is 40.0 Å². The van der Waals surface area contributed by atoms with Gasteiger partial charge in [0.1, 0.15) is 61.0 Å². The molecule has 71 heavy (non-hydrogen) atoms. The maximum Gasteiger partial charge on any atom is 0.230 e. The summed E-state index contributed by atoms with van der Waals surface area (Å²) in [7, 11) is 0. The van der Waals surface area contributed by atoms with Gasteiger partial charge in [0.2, 0.25) is 5.91 Å². The molecule has 0 spiro atoms. The number of rotatable bonds is 10. The molecule has 17 heteroatoms. The lowest BCUT2D eigenvalue weighted by molar-refractivity contribution is -0.393. The van der Waals surface area contributed by atoms with Crippen molar-refractivity contribution in [3.8, 4) is 0 Å². The van der Waals surface area contributed by atoms with Gasteiger partial charge in [0, 0.05) is 0 Å². The standard InChI is InChI=1S/C54H82ClNO15/c1-25(2)28-16-21-54(49(65)56-31-13-11-10-12-30(31)55)23-22-52(8)29(36(28)54)14-15-34-51(7)19-18-35(50(5,6)33(51)17-20-53(34,52)9)69-48-45(71-47-42(63)40(61)38(59)27(4)67-47)43(64)44(32(24-57)68-48)70-46-41(62)39(60)37(58)26(3)66-46/h10-13,26-29,32-48,57-64H,1,14-24H2,2-9H3,(H,56,65)/t26-,27-,28-,29+,32+,33-,34+,35-,36+,37-,38-,39+,40+,41+,42+,43-,44+,45+,46-,47-,48-,51-,52+,53+,54-/m0/s1. The van der Waals surface area contributed by atoms with Crippen molar-refractivity contribution in [1.82, 2.24) is 0 Å². The fourth-order valence-electron chi connectivity index (χ4n) is 16.8. The smallest absolute Gasteiger partial charge is 0.230 e. The van der Waals surface area contributed by atoms with Crippen LogP contribution in [0.25, 0.3) is 0 Å². The van der Waals surface area contributed by atoms with Crippen LogP contribution < -0.4 is 5.32 Å². The first-order valence-electron chi connectivity index (χ1n) is 26.4. The number of anilines is 1. The molecule has 9 N–H and O–H groups in total. The topological polar surface area (TPSA) is 246 Å². The molecule has 8 fully saturated rings. The van der Waals surface area contributed by atoms with Crippen molar-refractivity contribution in [1.29, 1.82) is 0 Å². The van der Waals surface area contributed by atoms with Crippen LogP contribution in [0.5, 0.6) is 0 Å². The van der Waals surface area contributed by atoms with Crippen LogP contribution in [-0.2, 0) is 33.2 Å². The first kappa shape index (κ1) is 54.0. The van der Waals surface area contributed by atoms with E-state index in [0.29, 0.717) is 29.0 Å². The predicted molar refractivity (Wildman–Crippen MR) is 260 cm³/mol. The van der Waals surface area contributed by atoms with E-state index in [1.807, 2.05) is 24.3 Å². The summed E-state index contributed by atoms with van der Waals surface area (Å²) in [6, 6.07) is 7.47. The number of hydrogen-bond acceptors (Lipinski definition) is 15. The minimum atomic E-state index is -1.74. The molecule has 3 aliphatic heterocycles. The summed E-state index contributed by atoms with van der Waals surface area (Å²) in [6.07, 6.45) is -13.3. The highest BCUT2D eigenvalue weighted by molar-refractivity contribution is 6.33. The van der Waals surface area contributed by atoms with Crippen LogP contribution in [0.15, 0.2) is 36.4 Å². The second kappa shape index (κ2) is 19.6. The molecule has 3 heterocycles. The van der Waals surface area contributed by atoms with Gasteiger partial charge in [-0.2, -0.15) is 0 Å². The largest absolute Gasteiger partial charge is 0.394 e. The normalized spacial score (nSPS) is 51.5. The van der Waals surface area contributed by atoms with Crippen LogP contribution in [0.2, 0.25) is 5.02 Å². The van der Waals surface area contributed by atoms with E-state index >= 15 is 0 Å². The number of carbonyl (C=O) groups excluding carboxylic acids is 1. The molecular weight excluding hydrogens is 938 g/mol. The monoisotopic (exact) mass is 1020 g/mol. The van der Waals surface area contributed by atoms with Crippen molar-refractivity contribution >= 4 is 23.2 Å². The molecule has 1 aromatic rings. The van der Waals surface area contributed by atoms with Crippen molar-refractivity contribution in [3.63, 3.8) is 0 Å². The summed E-state index contributed by atoms with van der Waals surface area (Å²) in [4.78, 5) is 14.8. The van der Waals surface area contributed by atoms with E-state index in [1.165, 1.54) is 13.8 Å². The molecule has 5 aliphatic carbocycles. The molecule has 0 radical (unpaired) electrons. The second-order valence-corrected chi connectivity index (χ2v) is 24.9. The molecule has 0 bridgehead atoms. The molecule has 8 aliphatic rings. The number of halogens is 1. The Balaban J connectivity index is 0.969. The first-order valence-corrected chi connectivity index (χ1v) is 26.8. The SMILES string of the molecule is C=C(C)[C@@H]1CC[C@]2(C(=O)Nc3ccccc3Cl)CC[C@]3(C)[C@H](CC[C@@H]4[C@@]5(C)CC[C@H](O[C@@H]6O[C@H](CO)[C@@H](O[C@@H]7O[C@@H](C)[C@H](O)[C@@H](O)[C@H]7O)[C@H](O)[C@H]6O[C@@H]6O[C@@H](C)[C@H](O)[C@@H](O)[C@H]6O)C(C)(C)[C@@H]5CC[C@]43C)[C@@H]12. The third-order valence-electron chi connectivity index (χ3n) is 20.9. The summed E-state index contributed by atoms with van der Waals surface area (Å²) in [5.41, 5.74) is 0.713. The Hall–Kier alpha value is -1.84. The number of nitrogens with one attached hydrogen (secondary N) is 1. The Morgan fingerprint density at radius 2 is 1.31 bits per heavy atom. The lowest BCUT2D eigenvalue weighted by atomic mass is 9.32. The van der Waals surface area contributed by atoms with Crippen LogP contribution in [0.3, 0.4) is 0 Å². The fourth-order valence-corrected chi connectivity index (χ4v) is 16.9. The third kappa shape index (κ3) is 8.61. The van der Waals surface area contributed by atoms with Crippen molar-refractivity contribution < 1.29 is 74.1 Å². The number of carbonyl (C=O) groups is 1. The first-order chi connectivity index (χ1) is 33.4. The Morgan fingerprint density at radius 3 is 1.92 bits per heavy atom. The third-order valence-corrected chi connectivity index (χ3v) is 21.2. The van der Waals surface area contributed by atoms with Gasteiger partial charge in [-0.1, -0.05) is 70.5 Å². The summed E-state index contributed by atoms with van der Waals surface area (Å²) in [6.45, 7) is 21.0. The molecule has 5 saturated carbocycles. The minimum absolute atomic E-state index is 0.0188. The summed E-state index contributed by atoms with van der Waals surface area (Å²) < 4.78 is 37.4. The van der Waals surface area contributed by atoms with E-state index < -0.39 is 116 Å². The van der Waals surface area contributed by atoms with Gasteiger partial charge in [0.05, 0.1) is 41.0 Å². The highest BCUT2D eigenvalue weighted by Crippen LogP contribution is 2.78. The number of aliphatic hydroxyl groups is 8. The fraction of sp³-hybridized carbons (Fsp3) is 0.833. The summed E-state index contributed by atoms with van der Waals surface area (Å²) in [5, 5.41) is 91.0. The summed E-state index contributed by atoms with van der Waals surface area (Å²) in [5.74, 6) is 1.43. The zero-order valence-corrected chi connectivity index (χ0v) is 43.5. The molecule has 0 aromatic heterocycles. The number of amides is 1. The Labute approximate surface area is 423 Å². The van der Waals surface area contributed by atoms with E-state index in [1.54, 1.807) is 0 Å². The van der Waals surface area contributed by atoms with E-state index in [2.05, 4.69) is 53.4 Å².